The molecule has 1 saturated heterocycles. The van der Waals surface area contributed by atoms with Crippen LogP contribution < -0.4 is 19.9 Å². The van der Waals surface area contributed by atoms with Crippen LogP contribution in [0.1, 0.15) is 16.1 Å². The Kier molecular flexibility index (Phi) is 6.02. The standard InChI is InChI=1S/C29H27N3O5/c33-28-22-10-5-4-9-21(22)26(29(34)35)24(32(28)20-7-2-1-3-8-20)19-30-13-15-31(16-14-30)23-11-6-12-25-27(23)37-18-17-36-25/h1-12H,13-19H2,(H,34,35). The highest BCUT2D eigenvalue weighted by molar-refractivity contribution is 6.04. The van der Waals surface area contributed by atoms with Crippen molar-refractivity contribution in [3.8, 4) is 17.2 Å². The van der Waals surface area contributed by atoms with Crippen LogP contribution in [0.3, 0.4) is 0 Å². The molecule has 37 heavy (non-hydrogen) atoms. The fourth-order valence-electron chi connectivity index (χ4n) is 5.30. The summed E-state index contributed by atoms with van der Waals surface area (Å²) in [5.41, 5.74) is 2.11. The molecule has 0 aliphatic carbocycles. The molecule has 1 fully saturated rings. The van der Waals surface area contributed by atoms with Crippen LogP contribution in [0.4, 0.5) is 5.69 Å². The molecule has 8 heteroatoms. The van der Waals surface area contributed by atoms with E-state index in [0.29, 0.717) is 55.0 Å². The lowest BCUT2D eigenvalue weighted by Crippen LogP contribution is -2.47. The molecule has 2 aliphatic heterocycles. The van der Waals surface area contributed by atoms with Gasteiger partial charge in [0.15, 0.2) is 11.5 Å². The zero-order chi connectivity index (χ0) is 25.4. The molecule has 8 nitrogen and oxygen atoms in total. The fraction of sp³-hybridized carbons (Fsp3) is 0.241. The molecule has 0 unspecified atom stereocenters. The average molecular weight is 498 g/mol. The van der Waals surface area contributed by atoms with Crippen molar-refractivity contribution in [2.24, 2.45) is 0 Å². The van der Waals surface area contributed by atoms with Gasteiger partial charge >= 0.3 is 5.97 Å². The summed E-state index contributed by atoms with van der Waals surface area (Å²) < 4.78 is 13.2. The highest BCUT2D eigenvalue weighted by atomic mass is 16.6. The summed E-state index contributed by atoms with van der Waals surface area (Å²) >= 11 is 0. The van der Waals surface area contributed by atoms with Crippen LogP contribution in [0.25, 0.3) is 16.5 Å². The molecule has 4 aromatic rings. The molecule has 0 amide bonds. The van der Waals surface area contributed by atoms with Crippen LogP contribution >= 0.6 is 0 Å². The first-order valence-electron chi connectivity index (χ1n) is 12.4. The van der Waals surface area contributed by atoms with Crippen molar-refractivity contribution in [1.82, 2.24) is 9.47 Å². The summed E-state index contributed by atoms with van der Waals surface area (Å²) in [4.78, 5) is 30.7. The Bertz CT molecular complexity index is 1520. The summed E-state index contributed by atoms with van der Waals surface area (Å²) in [5.74, 6) is 0.505. The molecular formula is C29H27N3O5. The number of aromatic nitrogens is 1. The summed E-state index contributed by atoms with van der Waals surface area (Å²) in [6.45, 7) is 4.32. The molecule has 1 aromatic heterocycles. The summed E-state index contributed by atoms with van der Waals surface area (Å²) in [5, 5.41) is 11.2. The van der Waals surface area contributed by atoms with Gasteiger partial charge in [0.25, 0.3) is 5.56 Å². The number of pyridine rings is 1. The quantitative estimate of drug-likeness (QED) is 0.449. The lowest BCUT2D eigenvalue weighted by molar-refractivity contribution is 0.0695. The summed E-state index contributed by atoms with van der Waals surface area (Å²) in [6, 6.07) is 22.1. The van der Waals surface area contributed by atoms with Gasteiger partial charge in [0.05, 0.1) is 16.9 Å². The molecule has 0 spiro atoms. The number of carbonyl (C=O) groups is 1. The summed E-state index contributed by atoms with van der Waals surface area (Å²) in [7, 11) is 0. The monoisotopic (exact) mass is 497 g/mol. The third-order valence-corrected chi connectivity index (χ3v) is 7.05. The molecule has 3 heterocycles. The maximum Gasteiger partial charge on any atom is 0.338 e. The van der Waals surface area contributed by atoms with Gasteiger partial charge in [0, 0.05) is 49.2 Å². The van der Waals surface area contributed by atoms with Crippen molar-refractivity contribution in [1.29, 1.82) is 0 Å². The minimum atomic E-state index is -1.04. The predicted molar refractivity (Wildman–Crippen MR) is 141 cm³/mol. The Balaban J connectivity index is 1.35. The molecule has 0 bridgehead atoms. The number of carboxylic acids is 1. The van der Waals surface area contributed by atoms with Gasteiger partial charge in [-0.2, -0.15) is 0 Å². The third kappa shape index (κ3) is 4.19. The first kappa shape index (κ1) is 23.1. The lowest BCUT2D eigenvalue weighted by Gasteiger charge is -2.37. The molecular weight excluding hydrogens is 470 g/mol. The zero-order valence-electron chi connectivity index (χ0n) is 20.3. The van der Waals surface area contributed by atoms with Crippen molar-refractivity contribution in [2.75, 3.05) is 44.3 Å². The number of carboxylic acid groups (broad SMARTS) is 1. The first-order chi connectivity index (χ1) is 18.1. The summed E-state index contributed by atoms with van der Waals surface area (Å²) in [6.07, 6.45) is 0. The van der Waals surface area contributed by atoms with E-state index >= 15 is 0 Å². The molecule has 2 aliphatic rings. The number of fused-ring (bicyclic) bond motifs is 2. The Morgan fingerprint density at radius 1 is 0.811 bits per heavy atom. The maximum atomic E-state index is 13.7. The number of hydrogen-bond donors (Lipinski definition) is 1. The largest absolute Gasteiger partial charge is 0.486 e. The van der Waals surface area contributed by atoms with Gasteiger partial charge in [0.1, 0.15) is 13.2 Å². The Morgan fingerprint density at radius 3 is 2.27 bits per heavy atom. The topological polar surface area (TPSA) is 84.2 Å². The third-order valence-electron chi connectivity index (χ3n) is 7.05. The number of ether oxygens (including phenoxy) is 2. The van der Waals surface area contributed by atoms with Crippen molar-refractivity contribution in [3.05, 3.63) is 94.4 Å². The number of rotatable bonds is 5. The molecule has 0 atom stereocenters. The number of nitrogens with zero attached hydrogens (tertiary/aromatic N) is 3. The van der Waals surface area contributed by atoms with E-state index in [4.69, 9.17) is 9.47 Å². The number of anilines is 1. The average Bonchev–Trinajstić information content (AvgIpc) is 2.94. The predicted octanol–water partition coefficient (Wildman–Crippen LogP) is 3.78. The van der Waals surface area contributed by atoms with Gasteiger partial charge < -0.3 is 19.5 Å². The molecule has 0 radical (unpaired) electrons. The highest BCUT2D eigenvalue weighted by Crippen LogP contribution is 2.39. The SMILES string of the molecule is O=C(O)c1c(CN2CCN(c3cccc4c3OCCO4)CC2)n(-c2ccccc2)c(=O)c2ccccc12. The molecule has 1 N–H and O–H groups in total. The molecule has 0 saturated carbocycles. The van der Waals surface area contributed by atoms with E-state index in [1.165, 1.54) is 0 Å². The zero-order valence-corrected chi connectivity index (χ0v) is 20.3. The van der Waals surface area contributed by atoms with E-state index < -0.39 is 5.97 Å². The van der Waals surface area contributed by atoms with E-state index in [0.717, 1.165) is 30.3 Å². The first-order valence-corrected chi connectivity index (χ1v) is 12.4. The second-order valence-corrected chi connectivity index (χ2v) is 9.21. The van der Waals surface area contributed by atoms with E-state index in [1.54, 1.807) is 28.8 Å². The second kappa shape index (κ2) is 9.63. The molecule has 188 valence electrons. The number of aromatic carboxylic acids is 1. The van der Waals surface area contributed by atoms with E-state index in [2.05, 4.69) is 9.80 Å². The van der Waals surface area contributed by atoms with Gasteiger partial charge in [-0.05, 0) is 30.3 Å². The maximum absolute atomic E-state index is 13.7. The Morgan fingerprint density at radius 2 is 1.51 bits per heavy atom. The highest BCUT2D eigenvalue weighted by Gasteiger charge is 2.27. The lowest BCUT2D eigenvalue weighted by atomic mass is 10.0. The normalized spacial score (nSPS) is 15.6. The van der Waals surface area contributed by atoms with Crippen LogP contribution in [-0.4, -0.2) is 59.9 Å². The van der Waals surface area contributed by atoms with Crippen molar-refractivity contribution in [2.45, 2.75) is 6.54 Å². The van der Waals surface area contributed by atoms with Gasteiger partial charge in [-0.15, -0.1) is 0 Å². The Labute approximate surface area is 213 Å². The molecule has 6 rings (SSSR count). The van der Waals surface area contributed by atoms with Crippen LogP contribution in [0.15, 0.2) is 77.6 Å². The van der Waals surface area contributed by atoms with E-state index in [9.17, 15) is 14.7 Å². The minimum absolute atomic E-state index is 0.171. The van der Waals surface area contributed by atoms with Crippen LogP contribution in [0, 0.1) is 0 Å². The Hall–Kier alpha value is -4.30. The molecule has 3 aromatic carbocycles. The van der Waals surface area contributed by atoms with Crippen molar-refractivity contribution < 1.29 is 19.4 Å². The van der Waals surface area contributed by atoms with Crippen molar-refractivity contribution in [3.63, 3.8) is 0 Å². The number of benzene rings is 3. The van der Waals surface area contributed by atoms with Crippen LogP contribution in [0.2, 0.25) is 0 Å². The van der Waals surface area contributed by atoms with Gasteiger partial charge in [-0.25, -0.2) is 4.79 Å². The van der Waals surface area contributed by atoms with Gasteiger partial charge in [-0.3, -0.25) is 14.3 Å². The van der Waals surface area contributed by atoms with Gasteiger partial charge in [0.2, 0.25) is 0 Å². The minimum Gasteiger partial charge on any atom is -0.486 e. The number of hydrogen-bond acceptors (Lipinski definition) is 6. The fourth-order valence-corrected chi connectivity index (χ4v) is 5.30. The van der Waals surface area contributed by atoms with Gasteiger partial charge in [-0.1, -0.05) is 42.5 Å². The number of piperazine rings is 1. The van der Waals surface area contributed by atoms with Crippen molar-refractivity contribution >= 4 is 22.4 Å². The van der Waals surface area contributed by atoms with Crippen LogP contribution in [0.5, 0.6) is 11.5 Å². The van der Waals surface area contributed by atoms with E-state index in [1.807, 2.05) is 48.5 Å². The van der Waals surface area contributed by atoms with Crippen LogP contribution in [-0.2, 0) is 6.54 Å². The number of para-hydroxylation sites is 2. The second-order valence-electron chi connectivity index (χ2n) is 9.21. The smallest absolute Gasteiger partial charge is 0.338 e. The van der Waals surface area contributed by atoms with E-state index in [-0.39, 0.29) is 11.1 Å².